The second kappa shape index (κ2) is 4.99. The molecule has 2 aromatic rings. The molecule has 1 aromatic carbocycles. The molecule has 0 spiro atoms. The molecule has 3 nitrogen and oxygen atoms in total. The number of benzene rings is 1. The van der Waals surface area contributed by atoms with Gasteiger partial charge in [0.15, 0.2) is 0 Å². The molecule has 0 bridgehead atoms. The Morgan fingerprint density at radius 1 is 1.44 bits per heavy atom. The molecule has 2 heterocycles. The van der Waals surface area contributed by atoms with Crippen molar-refractivity contribution in [3.63, 3.8) is 0 Å². The Morgan fingerprint density at radius 3 is 3.11 bits per heavy atom. The molecule has 0 fully saturated rings. The lowest BCUT2D eigenvalue weighted by atomic mass is 10.2. The van der Waals surface area contributed by atoms with Crippen LogP contribution >= 0.6 is 27.3 Å². The van der Waals surface area contributed by atoms with Crippen molar-refractivity contribution < 1.29 is 4.74 Å². The average molecular weight is 325 g/mol. The second-order valence-corrected chi connectivity index (χ2v) is 6.10. The Hall–Kier alpha value is -0.910. The first-order valence-corrected chi connectivity index (χ1v) is 7.42. The van der Waals surface area contributed by atoms with Crippen LogP contribution in [-0.2, 0) is 13.0 Å². The first-order chi connectivity index (χ1) is 8.78. The Kier molecular flexibility index (Phi) is 3.37. The summed E-state index contributed by atoms with van der Waals surface area (Å²) in [5.74, 6) is 0.861. The number of nitrogens with one attached hydrogen (secondary N) is 1. The van der Waals surface area contributed by atoms with E-state index in [0.29, 0.717) is 0 Å². The lowest BCUT2D eigenvalue weighted by Gasteiger charge is -2.09. The quantitative estimate of drug-likeness (QED) is 0.920. The van der Waals surface area contributed by atoms with E-state index >= 15 is 0 Å². The van der Waals surface area contributed by atoms with E-state index in [1.54, 1.807) is 18.4 Å². The molecule has 0 saturated heterocycles. The van der Waals surface area contributed by atoms with Crippen LogP contribution in [0, 0.1) is 0 Å². The Labute approximate surface area is 118 Å². The molecule has 1 aromatic heterocycles. The third kappa shape index (κ3) is 2.18. The van der Waals surface area contributed by atoms with Crippen molar-refractivity contribution in [2.24, 2.45) is 0 Å². The highest BCUT2D eigenvalue weighted by Gasteiger charge is 2.17. The third-order valence-electron chi connectivity index (χ3n) is 3.01. The lowest BCUT2D eigenvalue weighted by molar-refractivity contribution is 0.415. The van der Waals surface area contributed by atoms with Gasteiger partial charge in [0, 0.05) is 34.4 Å². The van der Waals surface area contributed by atoms with Gasteiger partial charge in [-0.15, -0.1) is 11.3 Å². The maximum atomic E-state index is 5.28. The fraction of sp³-hybridized carbons (Fsp3) is 0.308. The van der Waals surface area contributed by atoms with E-state index in [9.17, 15) is 0 Å². The molecule has 5 heteroatoms. The first kappa shape index (κ1) is 12.1. The van der Waals surface area contributed by atoms with Crippen molar-refractivity contribution in [2.45, 2.75) is 13.0 Å². The third-order valence-corrected chi connectivity index (χ3v) is 4.83. The van der Waals surface area contributed by atoms with Crippen LogP contribution in [0.3, 0.4) is 0 Å². The number of thiazole rings is 1. The topological polar surface area (TPSA) is 34.1 Å². The van der Waals surface area contributed by atoms with Crippen LogP contribution in [0.2, 0.25) is 0 Å². The van der Waals surface area contributed by atoms with E-state index in [0.717, 1.165) is 40.3 Å². The minimum atomic E-state index is 0.861. The molecule has 0 saturated carbocycles. The van der Waals surface area contributed by atoms with Gasteiger partial charge in [-0.25, -0.2) is 4.98 Å². The fourth-order valence-corrected chi connectivity index (χ4v) is 3.71. The summed E-state index contributed by atoms with van der Waals surface area (Å²) >= 11 is 5.35. The summed E-state index contributed by atoms with van der Waals surface area (Å²) in [5, 5.41) is 4.44. The number of methoxy groups -OCH3 is 1. The van der Waals surface area contributed by atoms with E-state index in [1.165, 1.54) is 10.6 Å². The van der Waals surface area contributed by atoms with E-state index in [2.05, 4.69) is 21.2 Å². The zero-order valence-corrected chi connectivity index (χ0v) is 12.4. The number of fused-ring (bicyclic) bond motifs is 1. The van der Waals surface area contributed by atoms with Gasteiger partial charge >= 0.3 is 0 Å². The number of nitrogens with zero attached hydrogens (tertiary/aromatic N) is 1. The van der Waals surface area contributed by atoms with Crippen LogP contribution in [0.5, 0.6) is 5.75 Å². The molecule has 94 valence electrons. The number of halogens is 1. The average Bonchev–Trinajstić information content (AvgIpc) is 2.82. The number of rotatable bonds is 2. The largest absolute Gasteiger partial charge is 0.497 e. The SMILES string of the molecule is COc1ccc(Br)c(-c2nc3c(s2)CNCC3)c1. The Balaban J connectivity index is 2.06. The monoisotopic (exact) mass is 324 g/mol. The molecule has 0 aliphatic carbocycles. The van der Waals surface area contributed by atoms with Crippen LogP contribution in [0.25, 0.3) is 10.6 Å². The molecule has 0 atom stereocenters. The van der Waals surface area contributed by atoms with Crippen molar-refractivity contribution >= 4 is 27.3 Å². The minimum absolute atomic E-state index is 0.861. The smallest absolute Gasteiger partial charge is 0.125 e. The van der Waals surface area contributed by atoms with Gasteiger partial charge in [0.05, 0.1) is 12.8 Å². The number of hydrogen-bond donors (Lipinski definition) is 1. The van der Waals surface area contributed by atoms with E-state index in [-0.39, 0.29) is 0 Å². The van der Waals surface area contributed by atoms with Crippen LogP contribution in [0.4, 0.5) is 0 Å². The molecule has 18 heavy (non-hydrogen) atoms. The minimum Gasteiger partial charge on any atom is -0.497 e. The normalized spacial score (nSPS) is 14.3. The standard InChI is InChI=1S/C13H13BrN2OS/c1-17-8-2-3-10(14)9(6-8)13-16-11-4-5-15-7-12(11)18-13/h2-3,6,15H,4-5,7H2,1H3. The van der Waals surface area contributed by atoms with Crippen molar-refractivity contribution in [3.05, 3.63) is 33.2 Å². The molecule has 1 aliphatic rings. The maximum Gasteiger partial charge on any atom is 0.125 e. The van der Waals surface area contributed by atoms with Crippen LogP contribution < -0.4 is 10.1 Å². The molecule has 1 N–H and O–H groups in total. The second-order valence-electron chi connectivity index (χ2n) is 4.16. The molecular weight excluding hydrogens is 312 g/mol. The molecule has 0 unspecified atom stereocenters. The van der Waals surface area contributed by atoms with E-state index < -0.39 is 0 Å². The van der Waals surface area contributed by atoms with Gasteiger partial charge in [-0.1, -0.05) is 15.9 Å². The Bertz CT molecular complexity index is 559. The van der Waals surface area contributed by atoms with Gasteiger partial charge in [-0.2, -0.15) is 0 Å². The van der Waals surface area contributed by atoms with Crippen molar-refractivity contribution in [2.75, 3.05) is 13.7 Å². The van der Waals surface area contributed by atoms with Crippen molar-refractivity contribution in [1.82, 2.24) is 10.3 Å². The van der Waals surface area contributed by atoms with E-state index in [4.69, 9.17) is 9.72 Å². The van der Waals surface area contributed by atoms with Crippen LogP contribution in [-0.4, -0.2) is 18.6 Å². The summed E-state index contributed by atoms with van der Waals surface area (Å²) in [4.78, 5) is 6.10. The van der Waals surface area contributed by atoms with Gasteiger partial charge < -0.3 is 10.1 Å². The van der Waals surface area contributed by atoms with Crippen molar-refractivity contribution in [1.29, 1.82) is 0 Å². The van der Waals surface area contributed by atoms with E-state index in [1.807, 2.05) is 18.2 Å². The van der Waals surface area contributed by atoms with Gasteiger partial charge in [-0.05, 0) is 18.2 Å². The van der Waals surface area contributed by atoms with Gasteiger partial charge in [0.25, 0.3) is 0 Å². The number of ether oxygens (including phenoxy) is 1. The molecule has 0 radical (unpaired) electrons. The van der Waals surface area contributed by atoms with Gasteiger partial charge in [-0.3, -0.25) is 0 Å². The first-order valence-electron chi connectivity index (χ1n) is 5.81. The zero-order chi connectivity index (χ0) is 12.5. The summed E-state index contributed by atoms with van der Waals surface area (Å²) in [5.41, 5.74) is 2.34. The highest BCUT2D eigenvalue weighted by Crippen LogP contribution is 2.36. The van der Waals surface area contributed by atoms with Gasteiger partial charge in [0.2, 0.25) is 0 Å². The number of hydrogen-bond acceptors (Lipinski definition) is 4. The van der Waals surface area contributed by atoms with Crippen LogP contribution in [0.1, 0.15) is 10.6 Å². The molecular formula is C13H13BrN2OS. The Morgan fingerprint density at radius 2 is 2.33 bits per heavy atom. The molecule has 3 rings (SSSR count). The molecule has 1 aliphatic heterocycles. The maximum absolute atomic E-state index is 5.28. The lowest BCUT2D eigenvalue weighted by Crippen LogP contribution is -2.22. The zero-order valence-electron chi connectivity index (χ0n) is 10.00. The fourth-order valence-electron chi connectivity index (χ4n) is 2.04. The number of aromatic nitrogens is 1. The highest BCUT2D eigenvalue weighted by molar-refractivity contribution is 9.10. The predicted molar refractivity (Wildman–Crippen MR) is 77.2 cm³/mol. The summed E-state index contributed by atoms with van der Waals surface area (Å²) in [6.07, 6.45) is 1.02. The summed E-state index contributed by atoms with van der Waals surface area (Å²) < 4.78 is 6.33. The summed E-state index contributed by atoms with van der Waals surface area (Å²) in [7, 11) is 1.68. The highest BCUT2D eigenvalue weighted by atomic mass is 79.9. The summed E-state index contributed by atoms with van der Waals surface area (Å²) in [6, 6.07) is 5.98. The molecule has 0 amide bonds. The van der Waals surface area contributed by atoms with Crippen molar-refractivity contribution in [3.8, 4) is 16.3 Å². The summed E-state index contributed by atoms with van der Waals surface area (Å²) in [6.45, 7) is 1.96. The van der Waals surface area contributed by atoms with Gasteiger partial charge in [0.1, 0.15) is 10.8 Å². The van der Waals surface area contributed by atoms with Crippen LogP contribution in [0.15, 0.2) is 22.7 Å². The predicted octanol–water partition coefficient (Wildman–Crippen LogP) is 3.23.